The molecule has 1 fully saturated rings. The molecule has 6 nitrogen and oxygen atoms in total. The third-order valence-electron chi connectivity index (χ3n) is 4.08. The van der Waals surface area contributed by atoms with Crippen LogP contribution in [0.25, 0.3) is 0 Å². The predicted molar refractivity (Wildman–Crippen MR) is 80.7 cm³/mol. The average Bonchev–Trinajstić information content (AvgIpc) is 2.64. The van der Waals surface area contributed by atoms with Crippen molar-refractivity contribution in [2.75, 3.05) is 30.8 Å². The van der Waals surface area contributed by atoms with Crippen molar-refractivity contribution in [2.45, 2.75) is 39.2 Å². The van der Waals surface area contributed by atoms with Crippen LogP contribution in [-0.4, -0.2) is 46.3 Å². The number of aryl methyl sites for hydroxylation is 2. The number of piperazine rings is 1. The maximum atomic E-state index is 12.4. The molecule has 20 heavy (non-hydrogen) atoms. The van der Waals surface area contributed by atoms with Crippen molar-refractivity contribution in [3.8, 4) is 0 Å². The van der Waals surface area contributed by atoms with E-state index in [4.69, 9.17) is 5.73 Å². The molecule has 1 aromatic rings. The Kier molecular flexibility index (Phi) is 3.67. The summed E-state index contributed by atoms with van der Waals surface area (Å²) in [6.07, 6.45) is 1.87. The minimum Gasteiger partial charge on any atom is -0.394 e. The van der Waals surface area contributed by atoms with E-state index < -0.39 is 5.54 Å². The van der Waals surface area contributed by atoms with Crippen molar-refractivity contribution in [3.05, 3.63) is 5.69 Å². The fourth-order valence-electron chi connectivity index (χ4n) is 2.91. The van der Waals surface area contributed by atoms with E-state index in [1.807, 2.05) is 27.9 Å². The molecular formula is C14H25N5O. The number of hydrogen-bond donors (Lipinski definition) is 1. The van der Waals surface area contributed by atoms with Gasteiger partial charge in [-0.1, -0.05) is 13.3 Å². The summed E-state index contributed by atoms with van der Waals surface area (Å²) >= 11 is 0. The Morgan fingerprint density at radius 2 is 1.95 bits per heavy atom. The van der Waals surface area contributed by atoms with Crippen molar-refractivity contribution >= 4 is 17.4 Å². The molecule has 0 saturated carbocycles. The highest BCUT2D eigenvalue weighted by Crippen LogP contribution is 2.34. The van der Waals surface area contributed by atoms with Crippen LogP contribution in [-0.2, 0) is 18.3 Å². The number of amides is 1. The number of nitrogen functional groups attached to an aromatic ring is 1. The molecule has 2 rings (SSSR count). The summed E-state index contributed by atoms with van der Waals surface area (Å²) in [7, 11) is 3.74. The molecule has 6 heteroatoms. The topological polar surface area (TPSA) is 67.4 Å². The first-order valence-corrected chi connectivity index (χ1v) is 7.15. The lowest BCUT2D eigenvalue weighted by Gasteiger charge is -2.45. The van der Waals surface area contributed by atoms with Gasteiger partial charge in [0.05, 0.1) is 11.4 Å². The minimum atomic E-state index is -0.599. The third kappa shape index (κ3) is 2.13. The quantitative estimate of drug-likeness (QED) is 0.896. The number of likely N-dealkylation sites (N-methyl/N-ethyl adjacent to an activating group) is 1. The Labute approximate surface area is 120 Å². The van der Waals surface area contributed by atoms with Crippen LogP contribution in [0.5, 0.6) is 0 Å². The van der Waals surface area contributed by atoms with Gasteiger partial charge in [0.1, 0.15) is 5.54 Å². The summed E-state index contributed by atoms with van der Waals surface area (Å²) in [5.74, 6) is 0.973. The van der Waals surface area contributed by atoms with Gasteiger partial charge in [0.25, 0.3) is 0 Å². The first kappa shape index (κ1) is 14.7. The molecule has 1 saturated heterocycles. The molecule has 0 radical (unpaired) electrons. The lowest BCUT2D eigenvalue weighted by molar-refractivity contribution is -0.136. The number of hydrogen-bond acceptors (Lipinski definition) is 4. The van der Waals surface area contributed by atoms with Crippen LogP contribution in [0.15, 0.2) is 0 Å². The Morgan fingerprint density at radius 1 is 1.30 bits per heavy atom. The Morgan fingerprint density at radius 3 is 2.55 bits per heavy atom. The minimum absolute atomic E-state index is 0.112. The van der Waals surface area contributed by atoms with Crippen molar-refractivity contribution in [3.63, 3.8) is 0 Å². The van der Waals surface area contributed by atoms with Crippen LogP contribution in [0.1, 0.15) is 32.9 Å². The standard InChI is InChI=1S/C14H25N5O/c1-6-7-10-11(15)12(18(5)16-10)19-9-8-17(4)13(20)14(19,2)3/h6-9,15H2,1-5H3. The lowest BCUT2D eigenvalue weighted by atomic mass is 9.97. The maximum Gasteiger partial charge on any atom is 0.247 e. The highest BCUT2D eigenvalue weighted by Gasteiger charge is 2.42. The van der Waals surface area contributed by atoms with E-state index in [2.05, 4.69) is 16.9 Å². The number of aromatic nitrogens is 2. The number of carbonyl (C=O) groups excluding carboxylic acids is 1. The monoisotopic (exact) mass is 279 g/mol. The molecule has 1 aliphatic heterocycles. The Balaban J connectivity index is 2.43. The van der Waals surface area contributed by atoms with E-state index in [0.29, 0.717) is 12.2 Å². The summed E-state index contributed by atoms with van der Waals surface area (Å²) in [6, 6.07) is 0. The molecule has 1 amide bonds. The fraction of sp³-hybridized carbons (Fsp3) is 0.714. The number of carbonyl (C=O) groups is 1. The largest absolute Gasteiger partial charge is 0.394 e. The summed E-state index contributed by atoms with van der Waals surface area (Å²) in [4.78, 5) is 16.3. The average molecular weight is 279 g/mol. The van der Waals surface area contributed by atoms with Gasteiger partial charge in [-0.3, -0.25) is 9.48 Å². The molecule has 2 N–H and O–H groups in total. The Hall–Kier alpha value is -1.72. The van der Waals surface area contributed by atoms with Gasteiger partial charge in [0, 0.05) is 27.2 Å². The number of anilines is 2. The van der Waals surface area contributed by atoms with Gasteiger partial charge < -0.3 is 15.5 Å². The van der Waals surface area contributed by atoms with Crippen molar-refractivity contribution in [1.82, 2.24) is 14.7 Å². The second-order valence-electron chi connectivity index (χ2n) is 5.99. The molecule has 0 aromatic carbocycles. The van der Waals surface area contributed by atoms with E-state index in [9.17, 15) is 4.79 Å². The van der Waals surface area contributed by atoms with Crippen molar-refractivity contribution in [2.24, 2.45) is 7.05 Å². The first-order chi connectivity index (χ1) is 9.30. The highest BCUT2D eigenvalue weighted by atomic mass is 16.2. The lowest BCUT2D eigenvalue weighted by Crippen LogP contribution is -2.62. The summed E-state index contributed by atoms with van der Waals surface area (Å²) in [6.45, 7) is 7.46. The second-order valence-corrected chi connectivity index (χ2v) is 5.99. The van der Waals surface area contributed by atoms with Gasteiger partial charge in [-0.15, -0.1) is 0 Å². The first-order valence-electron chi connectivity index (χ1n) is 7.15. The van der Waals surface area contributed by atoms with Gasteiger partial charge in [0.15, 0.2) is 5.82 Å². The van der Waals surface area contributed by atoms with E-state index in [1.165, 1.54) is 0 Å². The third-order valence-corrected chi connectivity index (χ3v) is 4.08. The van der Waals surface area contributed by atoms with Gasteiger partial charge in [-0.2, -0.15) is 5.10 Å². The number of nitrogens with zero attached hydrogens (tertiary/aromatic N) is 4. The van der Waals surface area contributed by atoms with E-state index in [1.54, 1.807) is 9.58 Å². The van der Waals surface area contributed by atoms with Gasteiger partial charge >= 0.3 is 0 Å². The molecule has 2 heterocycles. The molecule has 112 valence electrons. The predicted octanol–water partition coefficient (Wildman–Crippen LogP) is 1.01. The normalized spacial score (nSPS) is 18.8. The summed E-state index contributed by atoms with van der Waals surface area (Å²) < 4.78 is 1.81. The van der Waals surface area contributed by atoms with E-state index in [-0.39, 0.29) is 5.91 Å². The van der Waals surface area contributed by atoms with E-state index in [0.717, 1.165) is 30.9 Å². The zero-order chi connectivity index (χ0) is 15.1. The second kappa shape index (κ2) is 5.00. The molecule has 1 aliphatic rings. The SMILES string of the molecule is CCCc1nn(C)c(N2CCN(C)C(=O)C2(C)C)c1N. The molecule has 0 aliphatic carbocycles. The molecule has 0 spiro atoms. The molecule has 0 bridgehead atoms. The fourth-order valence-corrected chi connectivity index (χ4v) is 2.91. The highest BCUT2D eigenvalue weighted by molar-refractivity contribution is 5.91. The smallest absolute Gasteiger partial charge is 0.247 e. The van der Waals surface area contributed by atoms with Crippen LogP contribution < -0.4 is 10.6 Å². The molecule has 0 unspecified atom stereocenters. The van der Waals surface area contributed by atoms with Crippen LogP contribution in [0.3, 0.4) is 0 Å². The zero-order valence-electron chi connectivity index (χ0n) is 13.1. The summed E-state index contributed by atoms with van der Waals surface area (Å²) in [5.41, 5.74) is 7.30. The zero-order valence-corrected chi connectivity index (χ0v) is 13.1. The Bertz CT molecular complexity index is 520. The van der Waals surface area contributed by atoms with E-state index >= 15 is 0 Å². The molecular weight excluding hydrogens is 254 g/mol. The maximum absolute atomic E-state index is 12.4. The van der Waals surface area contributed by atoms with Gasteiger partial charge in [-0.25, -0.2) is 0 Å². The van der Waals surface area contributed by atoms with Gasteiger partial charge in [-0.05, 0) is 20.3 Å². The van der Waals surface area contributed by atoms with Gasteiger partial charge in [0.2, 0.25) is 5.91 Å². The van der Waals surface area contributed by atoms with Crippen molar-refractivity contribution < 1.29 is 4.79 Å². The summed E-state index contributed by atoms with van der Waals surface area (Å²) in [5, 5.41) is 4.51. The molecule has 0 atom stereocenters. The van der Waals surface area contributed by atoms with Crippen LogP contribution in [0.4, 0.5) is 11.5 Å². The van der Waals surface area contributed by atoms with Crippen LogP contribution >= 0.6 is 0 Å². The van der Waals surface area contributed by atoms with Crippen LogP contribution in [0.2, 0.25) is 0 Å². The number of nitrogens with two attached hydrogens (primary N) is 1. The van der Waals surface area contributed by atoms with Crippen molar-refractivity contribution in [1.29, 1.82) is 0 Å². The van der Waals surface area contributed by atoms with Crippen LogP contribution in [0, 0.1) is 0 Å². The molecule has 1 aromatic heterocycles. The number of rotatable bonds is 3.